The van der Waals surface area contributed by atoms with Crippen molar-refractivity contribution in [3.05, 3.63) is 41.2 Å². The Balaban J connectivity index is 2.03. The van der Waals surface area contributed by atoms with Crippen LogP contribution < -0.4 is 9.64 Å². The van der Waals surface area contributed by atoms with Gasteiger partial charge in [-0.3, -0.25) is 0 Å². The summed E-state index contributed by atoms with van der Waals surface area (Å²) >= 11 is 1.65. The van der Waals surface area contributed by atoms with E-state index in [4.69, 9.17) is 16.6 Å². The minimum Gasteiger partial charge on any atom is -0.495 e. The van der Waals surface area contributed by atoms with Crippen LogP contribution in [0.3, 0.4) is 0 Å². The largest absolute Gasteiger partial charge is 0.495 e. The lowest BCUT2D eigenvalue weighted by molar-refractivity contribution is -0.432. The first-order valence-corrected chi connectivity index (χ1v) is 10.1. The van der Waals surface area contributed by atoms with Crippen LogP contribution in [0.4, 0.5) is 35.4 Å². The van der Waals surface area contributed by atoms with Crippen LogP contribution in [-0.4, -0.2) is 31.4 Å². The summed E-state index contributed by atoms with van der Waals surface area (Å²) in [5.41, 5.74) is -0.567. The van der Waals surface area contributed by atoms with E-state index in [9.17, 15) is 13.2 Å². The van der Waals surface area contributed by atoms with Gasteiger partial charge in [0.05, 0.1) is 47.4 Å². The number of anilines is 1. The van der Waals surface area contributed by atoms with Crippen LogP contribution in [-0.2, 0) is 15.5 Å². The molecule has 9 nitrogen and oxygen atoms in total. The van der Waals surface area contributed by atoms with Crippen LogP contribution >= 0.6 is 23.4 Å². The highest BCUT2D eigenvalue weighted by molar-refractivity contribution is 7.94. The minimum atomic E-state index is -4.68. The molecule has 0 saturated carbocycles. The van der Waals surface area contributed by atoms with Gasteiger partial charge >= 0.3 is 6.18 Å². The van der Waals surface area contributed by atoms with Gasteiger partial charge in [0.25, 0.3) is 0 Å². The summed E-state index contributed by atoms with van der Waals surface area (Å²) in [6, 6.07) is 5.17. The maximum atomic E-state index is 13.2. The zero-order valence-electron chi connectivity index (χ0n) is 16.7. The van der Waals surface area contributed by atoms with Gasteiger partial charge in [0.1, 0.15) is 11.4 Å². The molecule has 0 bridgehead atoms. The number of hydrogen-bond donors (Lipinski definition) is 1. The van der Waals surface area contributed by atoms with E-state index in [1.165, 1.54) is 7.11 Å². The Bertz CT molecular complexity index is 1210. The molecule has 14 heteroatoms. The highest BCUT2D eigenvalue weighted by Crippen LogP contribution is 2.43. The van der Waals surface area contributed by atoms with Crippen molar-refractivity contribution < 1.29 is 32.5 Å². The Morgan fingerprint density at radius 3 is 2.56 bits per heavy atom. The van der Waals surface area contributed by atoms with Crippen LogP contribution in [0.15, 0.2) is 39.4 Å². The fraction of sp³-hybridized carbons (Fsp3) is 0.222. The zero-order valence-corrected chi connectivity index (χ0v) is 18.3. The molecule has 0 amide bonds. The van der Waals surface area contributed by atoms with E-state index in [2.05, 4.69) is 29.4 Å². The topological polar surface area (TPSA) is 93.1 Å². The van der Waals surface area contributed by atoms with E-state index in [1.807, 2.05) is 0 Å². The first kappa shape index (κ1) is 23.7. The van der Waals surface area contributed by atoms with Crippen LogP contribution in [0.25, 0.3) is 15.1 Å². The molecule has 0 radical (unpaired) electrons. The fourth-order valence-electron chi connectivity index (χ4n) is 2.66. The molecule has 0 saturated heterocycles. The molecule has 3 aromatic rings. The molecule has 0 fully saturated rings. The number of methoxy groups -OCH3 is 1. The van der Waals surface area contributed by atoms with E-state index < -0.39 is 17.4 Å². The van der Waals surface area contributed by atoms with Gasteiger partial charge in [-0.05, 0) is 18.2 Å². The Kier molecular flexibility index (Phi) is 7.16. The molecule has 0 unspecified atom stereocenters. The molecule has 0 atom stereocenters. The minimum absolute atomic E-state index is 0.0517. The van der Waals surface area contributed by atoms with Crippen molar-refractivity contribution in [2.75, 3.05) is 26.1 Å². The zero-order chi connectivity index (χ0) is 23.5. The maximum absolute atomic E-state index is 13.2. The lowest BCUT2D eigenvalue weighted by Gasteiger charge is -2.18. The summed E-state index contributed by atoms with van der Waals surface area (Å²) in [4.78, 5) is 9.22. The van der Waals surface area contributed by atoms with E-state index in [0.717, 1.165) is 23.5 Å². The first-order valence-electron chi connectivity index (χ1n) is 8.53. The van der Waals surface area contributed by atoms with Crippen LogP contribution in [0.5, 0.6) is 5.75 Å². The SMILES string of the molecule is [C-]#[N+]c1cc2sc(/N=N/c3cc(OC)c(N(C)C)cc3SOOO)nc2cc1C(F)(F)F. The lowest BCUT2D eigenvalue weighted by atomic mass is 10.1. The second-order valence-corrected chi connectivity index (χ2v) is 8.01. The number of hydrogen-bond acceptors (Lipinski definition) is 10. The Labute approximate surface area is 187 Å². The van der Waals surface area contributed by atoms with Gasteiger partial charge in [0.15, 0.2) is 0 Å². The van der Waals surface area contributed by atoms with Crippen molar-refractivity contribution in [3.8, 4) is 5.75 Å². The Hall–Kier alpha value is -2.96. The molecule has 0 spiro atoms. The highest BCUT2D eigenvalue weighted by atomic mass is 32.2. The van der Waals surface area contributed by atoms with Gasteiger partial charge in [-0.15, -0.1) is 14.6 Å². The van der Waals surface area contributed by atoms with Gasteiger partial charge < -0.3 is 9.64 Å². The van der Waals surface area contributed by atoms with Crippen molar-refractivity contribution >= 4 is 55.8 Å². The number of aromatic nitrogens is 1. The molecule has 32 heavy (non-hydrogen) atoms. The van der Waals surface area contributed by atoms with Gasteiger partial charge in [-0.2, -0.15) is 13.2 Å². The number of rotatable bonds is 7. The fourth-order valence-corrected chi connectivity index (χ4v) is 3.91. The summed E-state index contributed by atoms with van der Waals surface area (Å²) in [5, 5.41) is 20.3. The second kappa shape index (κ2) is 9.67. The monoisotopic (exact) mass is 485 g/mol. The molecule has 1 aromatic heterocycles. The third kappa shape index (κ3) is 5.09. The predicted octanol–water partition coefficient (Wildman–Crippen LogP) is 6.78. The molecule has 3 rings (SSSR count). The molecular formula is C18H14F3N5O4S2. The van der Waals surface area contributed by atoms with E-state index in [0.29, 0.717) is 33.1 Å². The molecule has 0 aliphatic rings. The third-order valence-corrected chi connectivity index (χ3v) is 5.60. The molecule has 0 aliphatic carbocycles. The first-order chi connectivity index (χ1) is 15.2. The molecule has 1 heterocycles. The van der Waals surface area contributed by atoms with Crippen LogP contribution in [0, 0.1) is 6.57 Å². The summed E-state index contributed by atoms with van der Waals surface area (Å²) in [6.07, 6.45) is -4.68. The van der Waals surface area contributed by atoms with Gasteiger partial charge in [-0.1, -0.05) is 16.4 Å². The predicted molar refractivity (Wildman–Crippen MR) is 113 cm³/mol. The molecule has 1 N–H and O–H groups in total. The van der Waals surface area contributed by atoms with Gasteiger partial charge in [-0.25, -0.2) is 15.1 Å². The second-order valence-electron chi connectivity index (χ2n) is 6.26. The maximum Gasteiger partial charge on any atom is 0.407 e. The third-order valence-electron chi connectivity index (χ3n) is 4.06. The highest BCUT2D eigenvalue weighted by Gasteiger charge is 2.34. The lowest BCUT2D eigenvalue weighted by Crippen LogP contribution is -2.10. The average Bonchev–Trinajstić information content (AvgIpc) is 3.16. The van der Waals surface area contributed by atoms with Crippen molar-refractivity contribution in [2.24, 2.45) is 10.2 Å². The summed E-state index contributed by atoms with van der Waals surface area (Å²) < 4.78 is 49.8. The molecule has 168 valence electrons. The van der Waals surface area contributed by atoms with E-state index >= 15 is 0 Å². The number of nitrogens with zero attached hydrogens (tertiary/aromatic N) is 5. The van der Waals surface area contributed by atoms with Crippen LogP contribution in [0.2, 0.25) is 0 Å². The van der Waals surface area contributed by atoms with E-state index in [1.54, 1.807) is 31.1 Å². The smallest absolute Gasteiger partial charge is 0.407 e. The number of benzene rings is 2. The Morgan fingerprint density at radius 1 is 1.22 bits per heavy atom. The van der Waals surface area contributed by atoms with Crippen molar-refractivity contribution in [3.63, 3.8) is 0 Å². The summed E-state index contributed by atoms with van der Waals surface area (Å²) in [6.45, 7) is 7.01. The van der Waals surface area contributed by atoms with Gasteiger partial charge in [0.2, 0.25) is 10.8 Å². The quantitative estimate of drug-likeness (QED) is 0.130. The van der Waals surface area contributed by atoms with Crippen molar-refractivity contribution in [1.82, 2.24) is 4.98 Å². The Morgan fingerprint density at radius 2 is 1.97 bits per heavy atom. The summed E-state index contributed by atoms with van der Waals surface area (Å²) in [5.74, 6) is 0.471. The number of azo groups is 1. The van der Waals surface area contributed by atoms with Crippen molar-refractivity contribution in [2.45, 2.75) is 11.1 Å². The summed E-state index contributed by atoms with van der Waals surface area (Å²) in [7, 11) is 5.07. The molecular weight excluding hydrogens is 471 g/mol. The van der Waals surface area contributed by atoms with Crippen LogP contribution in [0.1, 0.15) is 5.56 Å². The number of thiazole rings is 1. The van der Waals surface area contributed by atoms with Crippen molar-refractivity contribution in [1.29, 1.82) is 0 Å². The van der Waals surface area contributed by atoms with Gasteiger partial charge in [0, 0.05) is 24.9 Å². The number of halogens is 3. The average molecular weight is 485 g/mol. The standard InChI is InChI=1S/C18H14F3N5O4S2/c1-22-10-7-15-11(5-9(10)18(19,20)21)23-17(31-15)25-24-12-6-14(28-4)13(26(2)3)8-16(12)32-30-29-27/h5-8,27H,2-4H3/b25-24+. The molecule has 0 aliphatic heterocycles. The number of alkyl halides is 3. The molecule has 2 aromatic carbocycles. The number of ether oxygens (including phenoxy) is 1. The van der Waals surface area contributed by atoms with E-state index in [-0.39, 0.29) is 16.3 Å². The number of fused-ring (bicyclic) bond motifs is 1. The normalized spacial score (nSPS) is 11.8.